The summed E-state index contributed by atoms with van der Waals surface area (Å²) >= 11 is 1.07. The molecular weight excluding hydrogens is 603 g/mol. The normalized spacial score (nSPS) is 25.7. The zero-order valence-corrected chi connectivity index (χ0v) is 23.0. The number of hydrogen-bond acceptors (Lipinski definition) is 7. The second-order valence-electron chi connectivity index (χ2n) is 8.35. The number of hydrogen-bond donors (Lipinski definition) is 1. The summed E-state index contributed by atoms with van der Waals surface area (Å²) < 4.78 is 17.1. The maximum absolute atomic E-state index is 12.5. The van der Waals surface area contributed by atoms with E-state index in [2.05, 4.69) is 17.1 Å². The third-order valence-corrected chi connectivity index (χ3v) is 7.46. The molecule has 1 aromatic rings. The van der Waals surface area contributed by atoms with Gasteiger partial charge in [-0.05, 0) is 0 Å². The van der Waals surface area contributed by atoms with Crippen LogP contribution in [-0.4, -0.2) is 88.9 Å². The van der Waals surface area contributed by atoms with Crippen LogP contribution >= 0.6 is 0 Å². The summed E-state index contributed by atoms with van der Waals surface area (Å²) in [6.45, 7) is 4.75. The molecule has 0 spiro atoms. The summed E-state index contributed by atoms with van der Waals surface area (Å²) in [6, 6.07) is 6.17. The summed E-state index contributed by atoms with van der Waals surface area (Å²) in [6.07, 6.45) is 5.24. The molecule has 2 saturated heterocycles. The average molecular weight is 637 g/mol. The van der Waals surface area contributed by atoms with Gasteiger partial charge >= 0.3 is 159 Å². The number of nitrogens with one attached hydrogen (secondary N) is 1. The number of anilines is 1. The number of nitrogens with zero attached hydrogens (tertiary/aromatic N) is 1. The molecule has 0 aliphatic carbocycles. The van der Waals surface area contributed by atoms with Gasteiger partial charge in [-0.3, -0.25) is 0 Å². The number of methoxy groups -OCH3 is 2. The van der Waals surface area contributed by atoms with Gasteiger partial charge in [-0.15, -0.1) is 0 Å². The summed E-state index contributed by atoms with van der Waals surface area (Å²) in [7, 11) is 2.98. The van der Waals surface area contributed by atoms with Crippen molar-refractivity contribution in [2.24, 2.45) is 11.8 Å². The van der Waals surface area contributed by atoms with Gasteiger partial charge in [0.15, 0.2) is 0 Å². The molecule has 173 valence electrons. The number of carbonyl (C=O) groups excluding carboxylic acids is 2. The number of benzene rings is 1. The second-order valence-corrected chi connectivity index (χ2v) is 10.3. The quantitative estimate of drug-likeness (QED) is 0.139. The molecule has 2 fully saturated rings. The van der Waals surface area contributed by atoms with Gasteiger partial charge in [0.2, 0.25) is 0 Å². The number of piperidine rings is 1. The van der Waals surface area contributed by atoms with Crippen LogP contribution in [0.25, 0.3) is 0 Å². The van der Waals surface area contributed by atoms with Crippen LogP contribution in [0, 0.1) is 11.8 Å². The van der Waals surface area contributed by atoms with Crippen molar-refractivity contribution in [1.82, 2.24) is 4.90 Å². The van der Waals surface area contributed by atoms with Gasteiger partial charge in [0, 0.05) is 0 Å². The molecule has 32 heavy (non-hydrogen) atoms. The molecule has 0 saturated carbocycles. The van der Waals surface area contributed by atoms with Crippen molar-refractivity contribution in [2.75, 3.05) is 39.2 Å². The summed E-state index contributed by atoms with van der Waals surface area (Å²) in [4.78, 5) is 26.9. The van der Waals surface area contributed by atoms with Crippen molar-refractivity contribution < 1.29 is 23.8 Å². The first-order valence-corrected chi connectivity index (χ1v) is 14.0. The van der Waals surface area contributed by atoms with E-state index in [0.29, 0.717) is 29.4 Å². The van der Waals surface area contributed by atoms with Gasteiger partial charge in [0.25, 0.3) is 0 Å². The maximum atomic E-state index is 12.5. The Labute approximate surface area is 206 Å². The van der Waals surface area contributed by atoms with E-state index in [-0.39, 0.29) is 24.0 Å². The molecular formula is C24H33N2O5Pb. The van der Waals surface area contributed by atoms with Crippen LogP contribution in [0.4, 0.5) is 5.69 Å². The Kier molecular flexibility index (Phi) is 9.39. The minimum atomic E-state index is -0.321. The molecule has 3 rings (SSSR count). The standard InChI is InChI=1S/C24H33N2O5.Pb/c1-5-16-13-26-11-10-21(22(26)12-17(16)19(15-29-3)24(28)30-4)25-20-8-7-9-23(31-6-2)18(20)14-27;/h7-9,14-17,21-22,25H,2,5-6,10-13H2,1,3-4H3;/b19-15+;. The van der Waals surface area contributed by atoms with Crippen LogP contribution in [0.15, 0.2) is 30.0 Å². The molecule has 1 N–H and O–H groups in total. The molecule has 1 aromatic carbocycles. The first-order chi connectivity index (χ1) is 15.6. The number of fused-ring (bicyclic) bond motifs is 1. The fourth-order valence-electron chi connectivity index (χ4n) is 5.11. The number of rotatable bonds is 10. The van der Waals surface area contributed by atoms with Crippen LogP contribution < -0.4 is 10.1 Å². The van der Waals surface area contributed by atoms with Crippen LogP contribution in [0.2, 0.25) is 3.98 Å². The number of esters is 1. The summed E-state index contributed by atoms with van der Waals surface area (Å²) in [5, 5.41) is 3.63. The number of carbonyl (C=O) groups is 2. The van der Waals surface area contributed by atoms with Crippen molar-refractivity contribution in [3.05, 3.63) is 35.6 Å². The monoisotopic (exact) mass is 637 g/mol. The van der Waals surface area contributed by atoms with Gasteiger partial charge in [-0.2, -0.15) is 0 Å². The zero-order valence-electron chi connectivity index (χ0n) is 19.1. The Morgan fingerprint density at radius 3 is 2.81 bits per heavy atom. The van der Waals surface area contributed by atoms with E-state index < -0.39 is 0 Å². The third-order valence-electron chi connectivity index (χ3n) is 6.67. The van der Waals surface area contributed by atoms with Crippen molar-refractivity contribution in [2.45, 2.75) is 42.2 Å². The molecule has 0 amide bonds. The molecule has 8 heteroatoms. The van der Waals surface area contributed by atoms with Crippen molar-refractivity contribution in [3.8, 4) is 5.75 Å². The Morgan fingerprint density at radius 1 is 1.34 bits per heavy atom. The van der Waals surface area contributed by atoms with E-state index in [1.165, 1.54) is 7.11 Å². The molecule has 3 radical (unpaired) electrons. The van der Waals surface area contributed by atoms with Crippen LogP contribution in [-0.2, 0) is 14.3 Å². The molecule has 4 atom stereocenters. The van der Waals surface area contributed by atoms with Gasteiger partial charge < -0.3 is 9.47 Å². The molecule has 0 bridgehead atoms. The second kappa shape index (κ2) is 12.0. The first-order valence-electron chi connectivity index (χ1n) is 11.2. The molecule has 2 aliphatic heterocycles. The predicted octanol–water partition coefficient (Wildman–Crippen LogP) is 3.07. The van der Waals surface area contributed by atoms with Crippen molar-refractivity contribution >= 4 is 43.7 Å². The van der Waals surface area contributed by atoms with E-state index in [1.807, 2.05) is 18.2 Å². The minimum absolute atomic E-state index is 0.0741. The fraction of sp³-hybridized carbons (Fsp3) is 0.583. The number of ether oxygens (including phenoxy) is 3. The fourth-order valence-corrected chi connectivity index (χ4v) is 5.51. The van der Waals surface area contributed by atoms with Crippen molar-refractivity contribution in [1.29, 1.82) is 0 Å². The van der Waals surface area contributed by atoms with Crippen LogP contribution in [0.5, 0.6) is 5.75 Å². The Bertz CT molecular complexity index is 831. The van der Waals surface area contributed by atoms with E-state index in [9.17, 15) is 9.59 Å². The Morgan fingerprint density at radius 2 is 2.16 bits per heavy atom. The SMILES string of the molecule is CCC1CN2CCC(Nc3cccc(OC[CH2][Pb])c3C=O)C2CC1/C(=C\OC)C(=O)OC. The predicted molar refractivity (Wildman–Crippen MR) is 124 cm³/mol. The Hall–Kier alpha value is -1.62. The molecule has 2 heterocycles. The first kappa shape index (κ1) is 25.0. The topological polar surface area (TPSA) is 77.1 Å². The van der Waals surface area contributed by atoms with E-state index in [4.69, 9.17) is 14.2 Å². The summed E-state index contributed by atoms with van der Waals surface area (Å²) in [5.41, 5.74) is 2.00. The van der Waals surface area contributed by atoms with Gasteiger partial charge in [-0.25, -0.2) is 4.79 Å². The number of aldehydes is 1. The van der Waals surface area contributed by atoms with Gasteiger partial charge in [0.1, 0.15) is 0 Å². The molecule has 2 aliphatic rings. The van der Waals surface area contributed by atoms with E-state index in [1.54, 1.807) is 13.4 Å². The summed E-state index contributed by atoms with van der Waals surface area (Å²) in [5.74, 6) is 0.757. The van der Waals surface area contributed by atoms with Crippen molar-refractivity contribution in [3.63, 3.8) is 0 Å². The smallest absolute Gasteiger partial charge is 0.504 e. The third kappa shape index (κ3) is 5.47. The Balaban J connectivity index is 1.83. The van der Waals surface area contributed by atoms with E-state index >= 15 is 0 Å². The molecule has 0 aromatic heterocycles. The zero-order chi connectivity index (χ0) is 23.1. The van der Waals surface area contributed by atoms with Crippen LogP contribution in [0.3, 0.4) is 0 Å². The minimum Gasteiger partial charge on any atom is -0.504 e. The van der Waals surface area contributed by atoms with Gasteiger partial charge in [0.05, 0.1) is 20.5 Å². The molecule has 4 unspecified atom stereocenters. The van der Waals surface area contributed by atoms with E-state index in [0.717, 1.165) is 74.1 Å². The van der Waals surface area contributed by atoms with Gasteiger partial charge in [-0.1, -0.05) is 13.3 Å². The molecule has 7 nitrogen and oxygen atoms in total. The van der Waals surface area contributed by atoms with Crippen LogP contribution in [0.1, 0.15) is 36.5 Å². The average Bonchev–Trinajstić information content (AvgIpc) is 3.21.